The molecule has 6 heteroatoms. The Labute approximate surface area is 155 Å². The van der Waals surface area contributed by atoms with Crippen LogP contribution in [0.1, 0.15) is 44.2 Å². The van der Waals surface area contributed by atoms with Gasteiger partial charge < -0.3 is 20.3 Å². The molecule has 0 aromatic heterocycles. The topological polar surface area (TPSA) is 53.6 Å². The number of hydrogen-bond donors (Lipinski definition) is 2. The first-order chi connectivity index (χ1) is 12.1. The summed E-state index contributed by atoms with van der Waals surface area (Å²) >= 11 is 6.17. The van der Waals surface area contributed by atoms with Crippen LogP contribution in [0.25, 0.3) is 0 Å². The minimum absolute atomic E-state index is 0.0500. The molecule has 2 N–H and O–H groups in total. The number of carbonyl (C=O) groups excluding carboxylic acids is 1. The minimum Gasteiger partial charge on any atom is -0.492 e. The van der Waals surface area contributed by atoms with Crippen molar-refractivity contribution in [1.29, 1.82) is 0 Å². The average molecular weight is 366 g/mol. The SMILES string of the molecule is CC1CCN(CCCNC(=O)NC2CCOc3c(Cl)cccc32)CC1. The largest absolute Gasteiger partial charge is 0.492 e. The Morgan fingerprint density at radius 2 is 2.12 bits per heavy atom. The van der Waals surface area contributed by atoms with Crippen LogP contribution in [0.3, 0.4) is 0 Å². The fraction of sp³-hybridized carbons (Fsp3) is 0.632. The third-order valence-electron chi connectivity index (χ3n) is 5.14. The molecule has 1 atom stereocenters. The summed E-state index contributed by atoms with van der Waals surface area (Å²) in [7, 11) is 0. The maximum absolute atomic E-state index is 12.2. The number of nitrogens with one attached hydrogen (secondary N) is 2. The van der Waals surface area contributed by atoms with Gasteiger partial charge in [0.1, 0.15) is 5.75 Å². The van der Waals surface area contributed by atoms with Gasteiger partial charge in [-0.15, -0.1) is 0 Å². The highest BCUT2D eigenvalue weighted by Gasteiger charge is 2.24. The fourth-order valence-electron chi connectivity index (χ4n) is 3.54. The van der Waals surface area contributed by atoms with E-state index in [4.69, 9.17) is 16.3 Å². The first kappa shape index (κ1) is 18.3. The molecule has 1 aromatic carbocycles. The van der Waals surface area contributed by atoms with Crippen molar-refractivity contribution in [3.63, 3.8) is 0 Å². The molecule has 0 aliphatic carbocycles. The second-order valence-electron chi connectivity index (χ2n) is 7.13. The molecule has 0 bridgehead atoms. The minimum atomic E-state index is -0.120. The van der Waals surface area contributed by atoms with E-state index in [1.54, 1.807) is 0 Å². The number of piperidine rings is 1. The van der Waals surface area contributed by atoms with Crippen LogP contribution in [0.4, 0.5) is 4.79 Å². The van der Waals surface area contributed by atoms with Crippen molar-refractivity contribution < 1.29 is 9.53 Å². The molecule has 25 heavy (non-hydrogen) atoms. The van der Waals surface area contributed by atoms with Gasteiger partial charge in [-0.3, -0.25) is 0 Å². The van der Waals surface area contributed by atoms with Crippen LogP contribution in [0.15, 0.2) is 18.2 Å². The number of urea groups is 1. The molecule has 0 spiro atoms. The van der Waals surface area contributed by atoms with Gasteiger partial charge in [0.2, 0.25) is 0 Å². The van der Waals surface area contributed by atoms with Gasteiger partial charge in [0.05, 0.1) is 17.7 Å². The molecular formula is C19H28ClN3O2. The van der Waals surface area contributed by atoms with Crippen molar-refractivity contribution in [1.82, 2.24) is 15.5 Å². The molecule has 0 saturated carbocycles. The number of amides is 2. The van der Waals surface area contributed by atoms with E-state index in [9.17, 15) is 4.79 Å². The third kappa shape index (κ3) is 5.02. The van der Waals surface area contributed by atoms with Crippen molar-refractivity contribution in [2.24, 2.45) is 5.92 Å². The lowest BCUT2D eigenvalue weighted by Gasteiger charge is -2.30. The number of benzene rings is 1. The molecule has 1 unspecified atom stereocenters. The van der Waals surface area contributed by atoms with Crippen LogP contribution in [0.2, 0.25) is 5.02 Å². The van der Waals surface area contributed by atoms with Gasteiger partial charge in [0.15, 0.2) is 0 Å². The van der Waals surface area contributed by atoms with Crippen molar-refractivity contribution in [2.75, 3.05) is 32.8 Å². The van der Waals surface area contributed by atoms with Gasteiger partial charge in [-0.1, -0.05) is 30.7 Å². The second-order valence-corrected chi connectivity index (χ2v) is 7.53. The van der Waals surface area contributed by atoms with Gasteiger partial charge in [-0.25, -0.2) is 4.79 Å². The van der Waals surface area contributed by atoms with Gasteiger partial charge >= 0.3 is 6.03 Å². The van der Waals surface area contributed by atoms with E-state index in [1.807, 2.05) is 18.2 Å². The monoisotopic (exact) mass is 365 g/mol. The summed E-state index contributed by atoms with van der Waals surface area (Å²) in [6, 6.07) is 5.49. The van der Waals surface area contributed by atoms with Crippen LogP contribution in [0, 0.1) is 5.92 Å². The number of likely N-dealkylation sites (tertiary alicyclic amines) is 1. The maximum atomic E-state index is 12.2. The molecule has 3 rings (SSSR count). The molecule has 138 valence electrons. The van der Waals surface area contributed by atoms with Crippen LogP contribution >= 0.6 is 11.6 Å². The number of rotatable bonds is 5. The standard InChI is InChI=1S/C19H28ClN3O2/c1-14-6-11-23(12-7-14)10-3-9-21-19(24)22-17-8-13-25-18-15(17)4-2-5-16(18)20/h2,4-5,14,17H,3,6-13H2,1H3,(H2,21,22,24). The normalized spacial score (nSPS) is 21.3. The van der Waals surface area contributed by atoms with Crippen LogP contribution in [-0.4, -0.2) is 43.7 Å². The summed E-state index contributed by atoms with van der Waals surface area (Å²) in [4.78, 5) is 14.7. The van der Waals surface area contributed by atoms with Crippen LogP contribution in [0.5, 0.6) is 5.75 Å². The predicted molar refractivity (Wildman–Crippen MR) is 100 cm³/mol. The fourth-order valence-corrected chi connectivity index (χ4v) is 3.77. The van der Waals surface area contributed by atoms with Crippen molar-refractivity contribution in [3.8, 4) is 5.75 Å². The number of nitrogens with zero attached hydrogens (tertiary/aromatic N) is 1. The Morgan fingerprint density at radius 3 is 2.92 bits per heavy atom. The number of carbonyl (C=O) groups is 1. The summed E-state index contributed by atoms with van der Waals surface area (Å²) < 4.78 is 5.63. The zero-order chi connectivity index (χ0) is 17.6. The van der Waals surface area contributed by atoms with E-state index in [0.717, 1.165) is 30.9 Å². The van der Waals surface area contributed by atoms with Crippen molar-refractivity contribution >= 4 is 17.6 Å². The zero-order valence-electron chi connectivity index (χ0n) is 14.9. The summed E-state index contributed by atoms with van der Waals surface area (Å²) in [5.74, 6) is 1.55. The summed E-state index contributed by atoms with van der Waals surface area (Å²) in [5.41, 5.74) is 0.955. The quantitative estimate of drug-likeness (QED) is 0.784. The molecule has 2 amide bonds. The first-order valence-electron chi connectivity index (χ1n) is 9.31. The molecule has 2 aliphatic rings. The summed E-state index contributed by atoms with van der Waals surface area (Å²) in [5, 5.41) is 6.61. The molecule has 1 fully saturated rings. The van der Waals surface area contributed by atoms with Crippen molar-refractivity contribution in [3.05, 3.63) is 28.8 Å². The van der Waals surface area contributed by atoms with E-state index >= 15 is 0 Å². The third-order valence-corrected chi connectivity index (χ3v) is 5.44. The lowest BCUT2D eigenvalue weighted by Crippen LogP contribution is -2.41. The summed E-state index contributed by atoms with van der Waals surface area (Å²) in [6.45, 7) is 7.02. The van der Waals surface area contributed by atoms with Crippen molar-refractivity contribution in [2.45, 2.75) is 38.6 Å². The Kier molecular flexibility index (Phi) is 6.43. The number of fused-ring (bicyclic) bond motifs is 1. The Hall–Kier alpha value is -1.46. The maximum Gasteiger partial charge on any atom is 0.315 e. The van der Waals surface area contributed by atoms with Gasteiger partial charge in [-0.2, -0.15) is 0 Å². The molecule has 2 heterocycles. The highest BCUT2D eigenvalue weighted by molar-refractivity contribution is 6.32. The van der Waals surface area contributed by atoms with Crippen LogP contribution < -0.4 is 15.4 Å². The first-order valence-corrected chi connectivity index (χ1v) is 9.69. The number of ether oxygens (including phenoxy) is 1. The Morgan fingerprint density at radius 1 is 1.32 bits per heavy atom. The average Bonchev–Trinajstić information content (AvgIpc) is 2.61. The van der Waals surface area contributed by atoms with Gasteiger partial charge in [-0.05, 0) is 50.9 Å². The summed E-state index contributed by atoms with van der Waals surface area (Å²) in [6.07, 6.45) is 4.32. The van der Waals surface area contributed by atoms with Gasteiger partial charge in [0, 0.05) is 18.5 Å². The van der Waals surface area contributed by atoms with Gasteiger partial charge in [0.25, 0.3) is 0 Å². The lowest BCUT2D eigenvalue weighted by atomic mass is 9.99. The zero-order valence-corrected chi connectivity index (χ0v) is 15.6. The Bertz CT molecular complexity index is 588. The number of halogens is 1. The lowest BCUT2D eigenvalue weighted by molar-refractivity contribution is 0.189. The number of hydrogen-bond acceptors (Lipinski definition) is 3. The van der Waals surface area contributed by atoms with E-state index in [1.165, 1.54) is 25.9 Å². The smallest absolute Gasteiger partial charge is 0.315 e. The predicted octanol–water partition coefficient (Wildman–Crippen LogP) is 3.58. The second kappa shape index (κ2) is 8.77. The number of para-hydroxylation sites is 1. The molecular weight excluding hydrogens is 338 g/mol. The molecule has 0 radical (unpaired) electrons. The molecule has 1 aromatic rings. The van der Waals surface area contributed by atoms with Crippen LogP contribution in [-0.2, 0) is 0 Å². The molecule has 2 aliphatic heterocycles. The van der Waals surface area contributed by atoms with E-state index in [-0.39, 0.29) is 12.1 Å². The van der Waals surface area contributed by atoms with E-state index in [2.05, 4.69) is 22.5 Å². The molecule has 5 nitrogen and oxygen atoms in total. The highest BCUT2D eigenvalue weighted by Crippen LogP contribution is 2.37. The van der Waals surface area contributed by atoms with E-state index in [0.29, 0.717) is 23.9 Å². The molecule has 1 saturated heterocycles. The Balaban J connectivity index is 1.39. The highest BCUT2D eigenvalue weighted by atomic mass is 35.5. The van der Waals surface area contributed by atoms with E-state index < -0.39 is 0 Å².